The summed E-state index contributed by atoms with van der Waals surface area (Å²) < 4.78 is 34.4. The van der Waals surface area contributed by atoms with Crippen molar-refractivity contribution < 1.29 is 17.9 Å². The number of sulfonamides is 1. The van der Waals surface area contributed by atoms with Crippen LogP contribution in [0.5, 0.6) is 5.75 Å². The number of hydrogen-bond acceptors (Lipinski definition) is 7. The van der Waals surface area contributed by atoms with Crippen LogP contribution in [0.2, 0.25) is 0 Å². The Balaban J connectivity index is 0.00000336. The van der Waals surface area contributed by atoms with Crippen molar-refractivity contribution in [1.82, 2.24) is 9.88 Å². The summed E-state index contributed by atoms with van der Waals surface area (Å²) in [5.41, 5.74) is 2.89. The Labute approximate surface area is 232 Å². The molecule has 38 heavy (non-hydrogen) atoms. The molecule has 0 fully saturated rings. The maximum absolute atomic E-state index is 13.6. The lowest BCUT2D eigenvalue weighted by atomic mass is 10.2. The number of ether oxygens (including phenoxy) is 1. The van der Waals surface area contributed by atoms with E-state index in [-0.39, 0.29) is 23.2 Å². The summed E-state index contributed by atoms with van der Waals surface area (Å²) in [7, 11) is 1.76. The molecule has 0 atom stereocenters. The third-order valence-electron chi connectivity index (χ3n) is 6.36. The van der Waals surface area contributed by atoms with Gasteiger partial charge < -0.3 is 9.64 Å². The number of amides is 1. The van der Waals surface area contributed by atoms with Crippen molar-refractivity contribution in [3.8, 4) is 5.75 Å². The molecule has 3 aromatic carbocycles. The van der Waals surface area contributed by atoms with Crippen LogP contribution < -0.4 is 13.9 Å². The van der Waals surface area contributed by atoms with E-state index in [0.717, 1.165) is 15.8 Å². The van der Waals surface area contributed by atoms with Gasteiger partial charge in [-0.05, 0) is 68.5 Å². The summed E-state index contributed by atoms with van der Waals surface area (Å²) in [4.78, 5) is 22.1. The summed E-state index contributed by atoms with van der Waals surface area (Å²) in [6, 6.07) is 19.4. The van der Waals surface area contributed by atoms with Gasteiger partial charge in [-0.2, -0.15) is 0 Å². The molecule has 2 heterocycles. The molecule has 0 unspecified atom stereocenters. The number of hydrogen-bond donors (Lipinski definition) is 0. The third-order valence-corrected chi connectivity index (χ3v) is 9.25. The Morgan fingerprint density at radius 3 is 2.50 bits per heavy atom. The number of benzene rings is 3. The van der Waals surface area contributed by atoms with Gasteiger partial charge in [0, 0.05) is 31.3 Å². The lowest BCUT2D eigenvalue weighted by Crippen LogP contribution is -2.36. The van der Waals surface area contributed by atoms with Crippen LogP contribution in [0.4, 0.5) is 10.8 Å². The van der Waals surface area contributed by atoms with E-state index in [1.165, 1.54) is 27.8 Å². The zero-order chi connectivity index (χ0) is 26.2. The summed E-state index contributed by atoms with van der Waals surface area (Å²) >= 11 is 1.43. The van der Waals surface area contributed by atoms with Crippen LogP contribution in [0.1, 0.15) is 15.9 Å². The minimum Gasteiger partial charge on any atom is -0.497 e. The molecule has 200 valence electrons. The molecule has 1 aromatic heterocycles. The van der Waals surface area contributed by atoms with Gasteiger partial charge in [0.05, 0.1) is 27.9 Å². The van der Waals surface area contributed by atoms with Crippen molar-refractivity contribution in [3.63, 3.8) is 0 Å². The van der Waals surface area contributed by atoms with Crippen molar-refractivity contribution in [2.24, 2.45) is 0 Å². The number of methoxy groups -OCH3 is 1. The summed E-state index contributed by atoms with van der Waals surface area (Å²) in [5.74, 6) is 0.469. The number of carbonyl (C=O) groups is 1. The van der Waals surface area contributed by atoms with Gasteiger partial charge in [0.1, 0.15) is 5.75 Å². The van der Waals surface area contributed by atoms with Crippen molar-refractivity contribution in [1.29, 1.82) is 0 Å². The fourth-order valence-electron chi connectivity index (χ4n) is 4.33. The van der Waals surface area contributed by atoms with Crippen molar-refractivity contribution in [2.45, 2.75) is 11.3 Å². The Kier molecular flexibility index (Phi) is 8.27. The van der Waals surface area contributed by atoms with Crippen LogP contribution in [-0.4, -0.2) is 65.0 Å². The predicted octanol–water partition coefficient (Wildman–Crippen LogP) is 4.69. The zero-order valence-corrected chi connectivity index (χ0v) is 23.8. The standard InChI is InChI=1S/C27H28N4O4S2.ClH/c1-29(2)16-17-30(27-28-23-18-21(35-3)10-13-25(23)36-27)26(32)20-8-11-22(12-9-20)37(33,34)31-15-14-19-6-4-5-7-24(19)31;/h4-13,18H,14-17H2,1-3H3;1H. The molecule has 0 aliphatic carbocycles. The highest BCUT2D eigenvalue weighted by molar-refractivity contribution is 7.92. The number of nitrogens with zero attached hydrogens (tertiary/aromatic N) is 4. The Bertz CT molecular complexity index is 1560. The third kappa shape index (κ3) is 5.35. The lowest BCUT2D eigenvalue weighted by Gasteiger charge is -2.22. The molecule has 0 spiro atoms. The molecule has 0 radical (unpaired) electrons. The molecule has 4 aromatic rings. The number of fused-ring (bicyclic) bond motifs is 2. The number of likely N-dealkylation sites (N-methyl/N-ethyl adjacent to an activating group) is 1. The minimum absolute atomic E-state index is 0. The first-order valence-electron chi connectivity index (χ1n) is 11.9. The molecule has 0 bridgehead atoms. The molecule has 1 aliphatic rings. The predicted molar refractivity (Wildman–Crippen MR) is 155 cm³/mol. The maximum atomic E-state index is 13.6. The lowest BCUT2D eigenvalue weighted by molar-refractivity contribution is 0.0985. The molecule has 1 amide bonds. The van der Waals surface area contributed by atoms with Crippen molar-refractivity contribution in [2.75, 3.05) is 50.0 Å². The second-order valence-electron chi connectivity index (χ2n) is 9.07. The molecule has 1 aliphatic heterocycles. The van der Waals surface area contributed by atoms with Crippen molar-refractivity contribution in [3.05, 3.63) is 77.9 Å². The topological polar surface area (TPSA) is 83.0 Å². The van der Waals surface area contributed by atoms with E-state index in [9.17, 15) is 13.2 Å². The van der Waals surface area contributed by atoms with Gasteiger partial charge in [-0.1, -0.05) is 29.5 Å². The number of rotatable bonds is 8. The Morgan fingerprint density at radius 1 is 1.05 bits per heavy atom. The zero-order valence-electron chi connectivity index (χ0n) is 21.3. The molecule has 0 N–H and O–H groups in total. The van der Waals surface area contributed by atoms with E-state index in [1.54, 1.807) is 24.1 Å². The van der Waals surface area contributed by atoms with Gasteiger partial charge in [0.25, 0.3) is 15.9 Å². The smallest absolute Gasteiger partial charge is 0.264 e. The normalized spacial score (nSPS) is 12.9. The second-order valence-corrected chi connectivity index (χ2v) is 11.9. The molecular weight excluding hydrogens is 544 g/mol. The SMILES string of the molecule is COc1ccc2sc(N(CCN(C)C)C(=O)c3ccc(S(=O)(=O)N4CCc5ccccc54)cc3)nc2c1.Cl. The largest absolute Gasteiger partial charge is 0.497 e. The van der Waals surface area contributed by atoms with Gasteiger partial charge in [-0.25, -0.2) is 13.4 Å². The highest BCUT2D eigenvalue weighted by atomic mass is 35.5. The molecule has 11 heteroatoms. The Morgan fingerprint density at radius 2 is 1.79 bits per heavy atom. The van der Waals surface area contributed by atoms with Crippen LogP contribution in [0.3, 0.4) is 0 Å². The van der Waals surface area contributed by atoms with E-state index >= 15 is 0 Å². The number of thiazole rings is 1. The van der Waals surface area contributed by atoms with Gasteiger partial charge in [-0.3, -0.25) is 14.0 Å². The van der Waals surface area contributed by atoms with Crippen LogP contribution >= 0.6 is 23.7 Å². The molecular formula is C27H29ClN4O4S2. The number of anilines is 2. The monoisotopic (exact) mass is 572 g/mol. The maximum Gasteiger partial charge on any atom is 0.264 e. The first-order valence-corrected chi connectivity index (χ1v) is 14.2. The fourth-order valence-corrected chi connectivity index (χ4v) is 6.81. The number of halogens is 1. The molecule has 0 saturated heterocycles. The molecule has 0 saturated carbocycles. The van der Waals surface area contributed by atoms with E-state index in [4.69, 9.17) is 9.72 Å². The van der Waals surface area contributed by atoms with E-state index in [1.807, 2.05) is 61.5 Å². The minimum atomic E-state index is -3.73. The summed E-state index contributed by atoms with van der Waals surface area (Å²) in [5, 5.41) is 0.584. The van der Waals surface area contributed by atoms with Gasteiger partial charge in [-0.15, -0.1) is 12.4 Å². The van der Waals surface area contributed by atoms with Crippen LogP contribution in [0.25, 0.3) is 10.2 Å². The summed E-state index contributed by atoms with van der Waals surface area (Å²) in [6.45, 7) is 1.49. The number of aromatic nitrogens is 1. The average Bonchev–Trinajstić information content (AvgIpc) is 3.53. The highest BCUT2D eigenvalue weighted by Gasteiger charge is 2.31. The van der Waals surface area contributed by atoms with Gasteiger partial charge >= 0.3 is 0 Å². The average molecular weight is 573 g/mol. The fraction of sp³-hybridized carbons (Fsp3) is 0.259. The van der Waals surface area contributed by atoms with Gasteiger partial charge in [0.15, 0.2) is 5.13 Å². The number of para-hydroxylation sites is 1. The molecule has 5 rings (SSSR count). The van der Waals surface area contributed by atoms with Crippen LogP contribution in [0.15, 0.2) is 71.6 Å². The van der Waals surface area contributed by atoms with E-state index in [2.05, 4.69) is 0 Å². The second kappa shape index (κ2) is 11.3. The number of carbonyl (C=O) groups excluding carboxylic acids is 1. The quantitative estimate of drug-likeness (QED) is 0.305. The van der Waals surface area contributed by atoms with E-state index < -0.39 is 10.0 Å². The molecule has 8 nitrogen and oxygen atoms in total. The van der Waals surface area contributed by atoms with Gasteiger partial charge in [0.2, 0.25) is 0 Å². The Hall–Kier alpha value is -3.18. The van der Waals surface area contributed by atoms with Crippen LogP contribution in [-0.2, 0) is 16.4 Å². The first kappa shape index (κ1) is 27.8. The first-order chi connectivity index (χ1) is 17.8. The summed E-state index contributed by atoms with van der Waals surface area (Å²) in [6.07, 6.45) is 0.681. The van der Waals surface area contributed by atoms with E-state index in [0.29, 0.717) is 48.2 Å². The van der Waals surface area contributed by atoms with Crippen molar-refractivity contribution >= 4 is 60.7 Å². The van der Waals surface area contributed by atoms with Crippen LogP contribution in [0, 0.1) is 0 Å². The highest BCUT2D eigenvalue weighted by Crippen LogP contribution is 2.34.